The van der Waals surface area contributed by atoms with Crippen LogP contribution in [0, 0.1) is 6.54 Å². The van der Waals surface area contributed by atoms with Crippen molar-refractivity contribution in [2.75, 3.05) is 13.2 Å². The van der Waals surface area contributed by atoms with Crippen LogP contribution in [0.1, 0.15) is 6.92 Å². The van der Waals surface area contributed by atoms with Crippen LogP contribution in [-0.2, 0) is 0 Å². The number of hydrogen-bond donors (Lipinski definition) is 0. The van der Waals surface area contributed by atoms with Crippen LogP contribution in [0.2, 0.25) is 0 Å². The third-order valence-corrected chi connectivity index (χ3v) is 1.11. The Morgan fingerprint density at radius 2 is 2.67 bits per heavy atom. The summed E-state index contributed by atoms with van der Waals surface area (Å²) >= 11 is 0. The van der Waals surface area contributed by atoms with Gasteiger partial charge in [-0.3, -0.25) is 4.99 Å². The first-order chi connectivity index (χ1) is 4.33. The molecule has 0 aromatic rings. The Morgan fingerprint density at radius 1 is 1.89 bits per heavy atom. The van der Waals surface area contributed by atoms with Gasteiger partial charge >= 0.3 is 0 Å². The molecule has 0 aliphatic carbocycles. The third kappa shape index (κ3) is 1.66. The van der Waals surface area contributed by atoms with E-state index < -0.39 is 0 Å². The van der Waals surface area contributed by atoms with Crippen molar-refractivity contribution in [3.63, 3.8) is 0 Å². The Bertz CT molecular complexity index is 114. The van der Waals surface area contributed by atoms with E-state index in [4.69, 9.17) is 0 Å². The molecule has 1 unspecified atom stereocenters. The zero-order chi connectivity index (χ0) is 6.69. The van der Waals surface area contributed by atoms with Gasteiger partial charge in [-0.15, -0.1) is 0 Å². The number of aliphatic imine (C=N–C) groups is 1. The molecule has 0 spiro atoms. The SMILES string of the molecule is CC1[CH]N(CCF)[C]=N1. The predicted molar refractivity (Wildman–Crippen MR) is 33.9 cm³/mol. The van der Waals surface area contributed by atoms with E-state index in [1.165, 1.54) is 0 Å². The molecule has 1 aliphatic heterocycles. The van der Waals surface area contributed by atoms with Crippen LogP contribution in [0.4, 0.5) is 4.39 Å². The Kier molecular flexibility index (Phi) is 2.03. The maximum absolute atomic E-state index is 11.6. The van der Waals surface area contributed by atoms with Gasteiger partial charge in [0.1, 0.15) is 6.67 Å². The van der Waals surface area contributed by atoms with Crippen molar-refractivity contribution < 1.29 is 4.39 Å². The molecule has 3 heteroatoms. The molecule has 1 atom stereocenters. The molecule has 0 saturated carbocycles. The van der Waals surface area contributed by atoms with Gasteiger partial charge in [0.15, 0.2) is 6.34 Å². The summed E-state index contributed by atoms with van der Waals surface area (Å²) < 4.78 is 11.6. The number of nitrogens with zero attached hydrogens (tertiary/aromatic N) is 2. The average molecular weight is 128 g/mol. The molecule has 1 heterocycles. The predicted octanol–water partition coefficient (Wildman–Crippen LogP) is 0.727. The quantitative estimate of drug-likeness (QED) is 0.535. The van der Waals surface area contributed by atoms with Crippen molar-refractivity contribution in [1.29, 1.82) is 0 Å². The van der Waals surface area contributed by atoms with Crippen molar-refractivity contribution in [2.45, 2.75) is 13.0 Å². The topological polar surface area (TPSA) is 15.6 Å². The second kappa shape index (κ2) is 2.80. The minimum absolute atomic E-state index is 0.177. The molecule has 2 radical (unpaired) electrons. The van der Waals surface area contributed by atoms with Crippen LogP contribution < -0.4 is 0 Å². The molecule has 0 N–H and O–H groups in total. The number of halogens is 1. The lowest BCUT2D eigenvalue weighted by Crippen LogP contribution is -2.19. The molecule has 2 nitrogen and oxygen atoms in total. The summed E-state index contributed by atoms with van der Waals surface area (Å²) in [5, 5.41) is 0. The van der Waals surface area contributed by atoms with Crippen molar-refractivity contribution in [1.82, 2.24) is 4.90 Å². The van der Waals surface area contributed by atoms with Crippen molar-refractivity contribution in [3.8, 4) is 0 Å². The first-order valence-electron chi connectivity index (χ1n) is 2.96. The van der Waals surface area contributed by atoms with Gasteiger partial charge < -0.3 is 4.90 Å². The van der Waals surface area contributed by atoms with Crippen LogP contribution in [0.5, 0.6) is 0 Å². The highest BCUT2D eigenvalue weighted by Crippen LogP contribution is 2.06. The van der Waals surface area contributed by atoms with Crippen molar-refractivity contribution >= 4 is 6.34 Å². The van der Waals surface area contributed by atoms with E-state index in [1.54, 1.807) is 4.90 Å². The smallest absolute Gasteiger partial charge is 0.167 e. The van der Waals surface area contributed by atoms with Crippen LogP contribution >= 0.6 is 0 Å². The van der Waals surface area contributed by atoms with E-state index in [1.807, 2.05) is 13.5 Å². The van der Waals surface area contributed by atoms with Crippen molar-refractivity contribution in [3.05, 3.63) is 6.54 Å². The zero-order valence-electron chi connectivity index (χ0n) is 5.34. The fourth-order valence-electron chi connectivity index (χ4n) is 0.708. The van der Waals surface area contributed by atoms with Crippen LogP contribution in [0.25, 0.3) is 0 Å². The second-order valence-electron chi connectivity index (χ2n) is 2.00. The van der Waals surface area contributed by atoms with Gasteiger partial charge in [0.05, 0.1) is 12.6 Å². The van der Waals surface area contributed by atoms with E-state index in [2.05, 4.69) is 11.3 Å². The monoisotopic (exact) mass is 128 g/mol. The molecule has 0 aromatic carbocycles. The fourth-order valence-corrected chi connectivity index (χ4v) is 0.708. The molecular formula is C6H9FN2. The lowest BCUT2D eigenvalue weighted by Gasteiger charge is -2.09. The standard InChI is InChI=1S/C6H9FN2/c1-6-4-9(3-2-7)5-8-6/h4,6H,2-3H2,1H3. The first-order valence-corrected chi connectivity index (χ1v) is 2.96. The van der Waals surface area contributed by atoms with Gasteiger partial charge in [0.2, 0.25) is 0 Å². The summed E-state index contributed by atoms with van der Waals surface area (Å²) in [6.45, 7) is 3.82. The van der Waals surface area contributed by atoms with Crippen molar-refractivity contribution in [2.24, 2.45) is 4.99 Å². The summed E-state index contributed by atoms with van der Waals surface area (Å²) in [5.74, 6) is 0. The molecule has 0 bridgehead atoms. The van der Waals surface area contributed by atoms with E-state index in [0.29, 0.717) is 6.54 Å². The summed E-state index contributed by atoms with van der Waals surface area (Å²) in [4.78, 5) is 5.53. The summed E-state index contributed by atoms with van der Waals surface area (Å²) in [7, 11) is 0. The number of hydrogen-bond acceptors (Lipinski definition) is 2. The lowest BCUT2D eigenvalue weighted by atomic mass is 10.4. The number of alkyl halides is 1. The Labute approximate surface area is 54.4 Å². The number of rotatable bonds is 2. The first kappa shape index (κ1) is 6.52. The third-order valence-electron chi connectivity index (χ3n) is 1.11. The normalized spacial score (nSPS) is 25.6. The summed E-state index contributed by atoms with van der Waals surface area (Å²) in [6, 6.07) is 0.177. The van der Waals surface area contributed by atoms with Gasteiger partial charge in [-0.2, -0.15) is 0 Å². The average Bonchev–Trinajstić information content (AvgIpc) is 2.17. The van der Waals surface area contributed by atoms with Gasteiger partial charge in [0.25, 0.3) is 0 Å². The van der Waals surface area contributed by atoms with Crippen LogP contribution in [0.3, 0.4) is 0 Å². The Hall–Kier alpha value is -0.600. The molecule has 1 aliphatic rings. The molecule has 0 saturated heterocycles. The van der Waals surface area contributed by atoms with E-state index in [9.17, 15) is 4.39 Å². The van der Waals surface area contributed by atoms with Gasteiger partial charge in [-0.25, -0.2) is 4.39 Å². The molecule has 0 aromatic heterocycles. The molecule has 1 rings (SSSR count). The lowest BCUT2D eigenvalue weighted by molar-refractivity contribution is 0.403. The summed E-state index contributed by atoms with van der Waals surface area (Å²) in [6.07, 6.45) is 2.67. The van der Waals surface area contributed by atoms with Gasteiger partial charge in [-0.1, -0.05) is 0 Å². The molecule has 0 fully saturated rings. The highest BCUT2D eigenvalue weighted by atomic mass is 19.1. The van der Waals surface area contributed by atoms with E-state index in [-0.39, 0.29) is 12.7 Å². The largest absolute Gasteiger partial charge is 0.344 e. The zero-order valence-corrected chi connectivity index (χ0v) is 5.34. The highest BCUT2D eigenvalue weighted by molar-refractivity contribution is 5.59. The fraction of sp³-hybridized carbons (Fsp3) is 0.667. The van der Waals surface area contributed by atoms with Gasteiger partial charge in [0, 0.05) is 6.54 Å². The molecular weight excluding hydrogens is 119 g/mol. The summed E-state index contributed by atoms with van der Waals surface area (Å²) in [5.41, 5.74) is 0. The minimum Gasteiger partial charge on any atom is -0.344 e. The van der Waals surface area contributed by atoms with Crippen LogP contribution in [0.15, 0.2) is 4.99 Å². The van der Waals surface area contributed by atoms with E-state index in [0.717, 1.165) is 0 Å². The molecule has 0 amide bonds. The maximum atomic E-state index is 11.6. The minimum atomic E-state index is -0.342. The highest BCUT2D eigenvalue weighted by Gasteiger charge is 2.12. The second-order valence-corrected chi connectivity index (χ2v) is 2.00. The molecule has 50 valence electrons. The van der Waals surface area contributed by atoms with Gasteiger partial charge in [-0.05, 0) is 6.92 Å². The van der Waals surface area contributed by atoms with Crippen LogP contribution in [-0.4, -0.2) is 30.5 Å². The molecule has 9 heavy (non-hydrogen) atoms. The van der Waals surface area contributed by atoms with E-state index >= 15 is 0 Å². The Balaban J connectivity index is 2.24. The maximum Gasteiger partial charge on any atom is 0.167 e. The Morgan fingerprint density at radius 3 is 3.11 bits per heavy atom.